The first kappa shape index (κ1) is 16.6. The number of carbonyl (C=O) groups excluding carboxylic acids is 1. The second kappa shape index (κ2) is 7.17. The molecule has 0 fully saturated rings. The van der Waals surface area contributed by atoms with E-state index < -0.39 is 0 Å². The summed E-state index contributed by atoms with van der Waals surface area (Å²) >= 11 is 1.48. The van der Waals surface area contributed by atoms with Gasteiger partial charge in [0.25, 0.3) is 5.91 Å². The molecule has 4 rings (SSSR count). The van der Waals surface area contributed by atoms with E-state index in [1.165, 1.54) is 11.8 Å². The molecule has 0 aliphatic carbocycles. The first-order chi connectivity index (χ1) is 12.7. The van der Waals surface area contributed by atoms with Gasteiger partial charge < -0.3 is 4.52 Å². The molecule has 0 atom stereocenters. The third-order valence-corrected chi connectivity index (χ3v) is 5.05. The molecule has 2 aromatic carbocycles. The predicted molar refractivity (Wildman–Crippen MR) is 104 cm³/mol. The molecule has 5 nitrogen and oxygen atoms in total. The molecular formula is C20H17N3O2S. The summed E-state index contributed by atoms with van der Waals surface area (Å²) in [4.78, 5) is 18.3. The Bertz CT molecular complexity index is 949. The van der Waals surface area contributed by atoms with Crippen LogP contribution in [-0.2, 0) is 10.5 Å². The molecule has 0 radical (unpaired) electrons. The Morgan fingerprint density at radius 3 is 2.65 bits per heavy atom. The molecule has 1 amide bonds. The molecule has 1 aliphatic rings. The van der Waals surface area contributed by atoms with Gasteiger partial charge in [-0.3, -0.25) is 14.7 Å². The molecule has 2 heterocycles. The molecule has 0 N–H and O–H groups in total. The van der Waals surface area contributed by atoms with Crippen LogP contribution in [-0.4, -0.2) is 22.8 Å². The van der Waals surface area contributed by atoms with Crippen LogP contribution >= 0.6 is 11.8 Å². The van der Waals surface area contributed by atoms with Crippen LogP contribution in [0.5, 0.6) is 0 Å². The van der Waals surface area contributed by atoms with Crippen molar-refractivity contribution in [2.75, 3.05) is 11.4 Å². The summed E-state index contributed by atoms with van der Waals surface area (Å²) in [6, 6.07) is 19.7. The van der Waals surface area contributed by atoms with Crippen LogP contribution in [0.4, 0.5) is 5.69 Å². The molecule has 1 aliphatic heterocycles. The van der Waals surface area contributed by atoms with Gasteiger partial charge in [0.1, 0.15) is 18.0 Å². The summed E-state index contributed by atoms with van der Waals surface area (Å²) in [5.41, 5.74) is 3.82. The standard InChI is InChI=1S/C20H17N3O2S/c1-14-7-9-16(10-8-14)23-19(24)12-21-20(23)26-13-17-11-18(22-25-17)15-5-3-2-4-6-15/h2-11H,12-13H2,1H3. The van der Waals surface area contributed by atoms with Gasteiger partial charge in [0.2, 0.25) is 0 Å². The van der Waals surface area contributed by atoms with Crippen LogP contribution < -0.4 is 4.90 Å². The molecule has 3 aromatic rings. The predicted octanol–water partition coefficient (Wildman–Crippen LogP) is 4.29. The number of aryl methyl sites for hydroxylation is 1. The molecule has 0 unspecified atom stereocenters. The van der Waals surface area contributed by atoms with Gasteiger partial charge in [0.05, 0.1) is 11.4 Å². The van der Waals surface area contributed by atoms with Crippen molar-refractivity contribution in [2.24, 2.45) is 4.99 Å². The van der Waals surface area contributed by atoms with Crippen LogP contribution in [0, 0.1) is 6.92 Å². The topological polar surface area (TPSA) is 58.7 Å². The summed E-state index contributed by atoms with van der Waals surface area (Å²) in [5.74, 6) is 1.30. The average molecular weight is 363 g/mol. The monoisotopic (exact) mass is 363 g/mol. The Balaban J connectivity index is 1.46. The first-order valence-electron chi connectivity index (χ1n) is 8.28. The fourth-order valence-corrected chi connectivity index (χ4v) is 3.60. The molecule has 130 valence electrons. The van der Waals surface area contributed by atoms with Crippen molar-refractivity contribution in [3.05, 3.63) is 72.0 Å². The number of aromatic nitrogens is 1. The van der Waals surface area contributed by atoms with E-state index in [2.05, 4.69) is 10.1 Å². The van der Waals surface area contributed by atoms with Crippen molar-refractivity contribution in [1.29, 1.82) is 0 Å². The van der Waals surface area contributed by atoms with Gasteiger partial charge in [-0.1, -0.05) is 64.9 Å². The van der Waals surface area contributed by atoms with Gasteiger partial charge in [-0.15, -0.1) is 0 Å². The van der Waals surface area contributed by atoms with E-state index in [9.17, 15) is 4.79 Å². The maximum atomic E-state index is 12.2. The van der Waals surface area contributed by atoms with E-state index in [1.807, 2.05) is 67.6 Å². The Hall–Kier alpha value is -2.86. The molecule has 6 heteroatoms. The number of amides is 1. The van der Waals surface area contributed by atoms with Gasteiger partial charge in [0.15, 0.2) is 5.17 Å². The molecular weight excluding hydrogens is 346 g/mol. The Labute approximate surface area is 155 Å². The first-order valence-corrected chi connectivity index (χ1v) is 9.27. The average Bonchev–Trinajstić information content (AvgIpc) is 3.28. The van der Waals surface area contributed by atoms with E-state index in [0.29, 0.717) is 10.9 Å². The van der Waals surface area contributed by atoms with Gasteiger partial charge in [-0.25, -0.2) is 0 Å². The Morgan fingerprint density at radius 2 is 1.88 bits per heavy atom. The molecule has 0 saturated heterocycles. The largest absolute Gasteiger partial charge is 0.360 e. The van der Waals surface area contributed by atoms with Crippen LogP contribution in [0.2, 0.25) is 0 Å². The minimum atomic E-state index is -0.0149. The van der Waals surface area contributed by atoms with Crippen LogP contribution in [0.25, 0.3) is 11.3 Å². The van der Waals surface area contributed by atoms with Crippen molar-refractivity contribution in [1.82, 2.24) is 5.16 Å². The third kappa shape index (κ3) is 3.41. The molecule has 0 saturated carbocycles. The van der Waals surface area contributed by atoms with Crippen molar-refractivity contribution < 1.29 is 9.32 Å². The van der Waals surface area contributed by atoms with E-state index in [-0.39, 0.29) is 12.5 Å². The van der Waals surface area contributed by atoms with Crippen LogP contribution in [0.3, 0.4) is 0 Å². The molecule has 26 heavy (non-hydrogen) atoms. The smallest absolute Gasteiger partial charge is 0.254 e. The van der Waals surface area contributed by atoms with Gasteiger partial charge in [-0.05, 0) is 19.1 Å². The van der Waals surface area contributed by atoms with E-state index >= 15 is 0 Å². The third-order valence-electron chi connectivity index (χ3n) is 4.05. The second-order valence-corrected chi connectivity index (χ2v) is 6.94. The molecule has 0 bridgehead atoms. The lowest BCUT2D eigenvalue weighted by Gasteiger charge is -2.17. The summed E-state index contributed by atoms with van der Waals surface area (Å²) < 4.78 is 5.43. The number of aliphatic imine (C=N–C) groups is 1. The zero-order valence-electron chi connectivity index (χ0n) is 14.3. The fraction of sp³-hybridized carbons (Fsp3) is 0.150. The lowest BCUT2D eigenvalue weighted by Crippen LogP contribution is -2.30. The number of hydrogen-bond donors (Lipinski definition) is 0. The SMILES string of the molecule is Cc1ccc(N2C(=O)CN=C2SCc2cc(-c3ccccc3)no2)cc1. The zero-order chi connectivity index (χ0) is 17.9. The van der Waals surface area contributed by atoms with E-state index in [1.54, 1.807) is 4.90 Å². The highest BCUT2D eigenvalue weighted by atomic mass is 32.2. The maximum Gasteiger partial charge on any atom is 0.254 e. The minimum Gasteiger partial charge on any atom is -0.360 e. The van der Waals surface area contributed by atoms with Crippen molar-refractivity contribution in [2.45, 2.75) is 12.7 Å². The highest BCUT2D eigenvalue weighted by Gasteiger charge is 2.27. The number of rotatable bonds is 4. The van der Waals surface area contributed by atoms with Crippen molar-refractivity contribution >= 4 is 28.5 Å². The van der Waals surface area contributed by atoms with Crippen molar-refractivity contribution in [3.63, 3.8) is 0 Å². The number of anilines is 1. The van der Waals surface area contributed by atoms with E-state index in [0.717, 1.165) is 28.3 Å². The van der Waals surface area contributed by atoms with Crippen LogP contribution in [0.1, 0.15) is 11.3 Å². The highest BCUT2D eigenvalue weighted by molar-refractivity contribution is 8.13. The zero-order valence-corrected chi connectivity index (χ0v) is 15.1. The number of thioether (sulfide) groups is 1. The summed E-state index contributed by atoms with van der Waals surface area (Å²) in [6.45, 7) is 2.20. The fourth-order valence-electron chi connectivity index (χ4n) is 2.70. The van der Waals surface area contributed by atoms with Gasteiger partial charge in [-0.2, -0.15) is 0 Å². The normalized spacial score (nSPS) is 14.0. The van der Waals surface area contributed by atoms with Crippen molar-refractivity contribution in [3.8, 4) is 11.3 Å². The summed E-state index contributed by atoms with van der Waals surface area (Å²) in [7, 11) is 0. The Morgan fingerprint density at radius 1 is 1.12 bits per heavy atom. The summed E-state index contributed by atoms with van der Waals surface area (Å²) in [5, 5.41) is 4.82. The number of amidine groups is 1. The number of hydrogen-bond acceptors (Lipinski definition) is 5. The van der Waals surface area contributed by atoms with Gasteiger partial charge >= 0.3 is 0 Å². The number of nitrogens with zero attached hydrogens (tertiary/aromatic N) is 3. The highest BCUT2D eigenvalue weighted by Crippen LogP contribution is 2.27. The van der Waals surface area contributed by atoms with Gasteiger partial charge in [0, 0.05) is 11.6 Å². The number of carbonyl (C=O) groups is 1. The second-order valence-electron chi connectivity index (χ2n) is 6.00. The summed E-state index contributed by atoms with van der Waals surface area (Å²) in [6.07, 6.45) is 0. The lowest BCUT2D eigenvalue weighted by atomic mass is 10.1. The molecule has 0 spiro atoms. The molecule has 1 aromatic heterocycles. The number of benzene rings is 2. The maximum absolute atomic E-state index is 12.2. The Kier molecular flexibility index (Phi) is 4.58. The van der Waals surface area contributed by atoms with Crippen LogP contribution in [0.15, 0.2) is 70.2 Å². The van der Waals surface area contributed by atoms with E-state index in [4.69, 9.17) is 4.52 Å². The quantitative estimate of drug-likeness (QED) is 0.694. The lowest BCUT2D eigenvalue weighted by molar-refractivity contribution is -0.115. The minimum absolute atomic E-state index is 0.0149.